The average Bonchev–Trinajstić information content (AvgIpc) is 2.61. The fraction of sp³-hybridized carbons (Fsp3) is 1.00. The standard InChI is InChI=1S/C15H29NO/c1-11-8-12(10-15(2,3)9-11)17-14-7-5-6-13(14)16-4/h11-14,16H,5-10H2,1-4H3. The molecule has 2 saturated carbocycles. The highest BCUT2D eigenvalue weighted by Crippen LogP contribution is 2.40. The van der Waals surface area contributed by atoms with E-state index in [2.05, 4.69) is 33.1 Å². The minimum atomic E-state index is 0.464. The molecule has 1 N–H and O–H groups in total. The first kappa shape index (κ1) is 13.4. The summed E-state index contributed by atoms with van der Waals surface area (Å²) in [6.07, 6.45) is 8.66. The van der Waals surface area contributed by atoms with Gasteiger partial charge in [0.05, 0.1) is 12.2 Å². The molecule has 0 bridgehead atoms. The summed E-state index contributed by atoms with van der Waals surface area (Å²) in [5.74, 6) is 0.818. The van der Waals surface area contributed by atoms with E-state index in [0.29, 0.717) is 23.7 Å². The zero-order valence-electron chi connectivity index (χ0n) is 12.0. The van der Waals surface area contributed by atoms with E-state index < -0.39 is 0 Å². The van der Waals surface area contributed by atoms with Gasteiger partial charge in [-0.3, -0.25) is 0 Å². The number of rotatable bonds is 3. The molecule has 0 aromatic rings. The Morgan fingerprint density at radius 2 is 1.94 bits per heavy atom. The molecule has 0 spiro atoms. The Kier molecular flexibility index (Phi) is 4.14. The average molecular weight is 239 g/mol. The van der Waals surface area contributed by atoms with Gasteiger partial charge < -0.3 is 10.1 Å². The summed E-state index contributed by atoms with van der Waals surface area (Å²) in [6, 6.07) is 0.593. The lowest BCUT2D eigenvalue weighted by Gasteiger charge is -2.40. The fourth-order valence-corrected chi connectivity index (χ4v) is 4.03. The van der Waals surface area contributed by atoms with E-state index in [0.717, 1.165) is 5.92 Å². The minimum absolute atomic E-state index is 0.464. The molecule has 0 amide bonds. The summed E-state index contributed by atoms with van der Waals surface area (Å²) in [5, 5.41) is 3.41. The van der Waals surface area contributed by atoms with Gasteiger partial charge in [0.25, 0.3) is 0 Å². The van der Waals surface area contributed by atoms with Gasteiger partial charge >= 0.3 is 0 Å². The van der Waals surface area contributed by atoms with Crippen LogP contribution in [0.25, 0.3) is 0 Å². The normalized spacial score (nSPS) is 41.6. The van der Waals surface area contributed by atoms with E-state index in [4.69, 9.17) is 4.74 Å². The molecule has 17 heavy (non-hydrogen) atoms. The molecule has 0 radical (unpaired) electrons. The highest BCUT2D eigenvalue weighted by atomic mass is 16.5. The molecule has 2 nitrogen and oxygen atoms in total. The molecule has 100 valence electrons. The molecule has 2 rings (SSSR count). The number of nitrogens with one attached hydrogen (secondary N) is 1. The van der Waals surface area contributed by atoms with Crippen molar-refractivity contribution in [3.05, 3.63) is 0 Å². The third-order valence-corrected chi connectivity index (χ3v) is 4.54. The van der Waals surface area contributed by atoms with Crippen molar-refractivity contribution in [2.45, 2.75) is 77.5 Å². The van der Waals surface area contributed by atoms with Crippen LogP contribution in [-0.2, 0) is 4.74 Å². The van der Waals surface area contributed by atoms with E-state index in [1.54, 1.807) is 0 Å². The maximum absolute atomic E-state index is 6.40. The van der Waals surface area contributed by atoms with Crippen molar-refractivity contribution in [3.63, 3.8) is 0 Å². The van der Waals surface area contributed by atoms with E-state index in [1.807, 2.05) is 0 Å². The number of ether oxygens (including phenoxy) is 1. The predicted molar refractivity (Wildman–Crippen MR) is 72.2 cm³/mol. The van der Waals surface area contributed by atoms with Crippen molar-refractivity contribution in [2.24, 2.45) is 11.3 Å². The summed E-state index contributed by atoms with van der Waals surface area (Å²) in [6.45, 7) is 7.16. The van der Waals surface area contributed by atoms with Crippen molar-refractivity contribution in [1.29, 1.82) is 0 Å². The summed E-state index contributed by atoms with van der Waals surface area (Å²) >= 11 is 0. The van der Waals surface area contributed by atoms with Crippen molar-refractivity contribution in [3.8, 4) is 0 Å². The van der Waals surface area contributed by atoms with Crippen molar-refractivity contribution in [2.75, 3.05) is 7.05 Å². The van der Waals surface area contributed by atoms with Gasteiger partial charge in [0.1, 0.15) is 0 Å². The maximum Gasteiger partial charge on any atom is 0.0731 e. The molecule has 0 aromatic carbocycles. The Hall–Kier alpha value is -0.0800. The second-order valence-corrected chi connectivity index (χ2v) is 7.04. The molecule has 2 fully saturated rings. The van der Waals surface area contributed by atoms with Crippen LogP contribution in [-0.4, -0.2) is 25.3 Å². The minimum Gasteiger partial charge on any atom is -0.373 e. The monoisotopic (exact) mass is 239 g/mol. The Morgan fingerprint density at radius 3 is 2.59 bits per heavy atom. The highest BCUT2D eigenvalue weighted by molar-refractivity contribution is 4.88. The maximum atomic E-state index is 6.40. The van der Waals surface area contributed by atoms with Crippen LogP contribution in [0.15, 0.2) is 0 Å². The zero-order chi connectivity index (χ0) is 12.5. The Balaban J connectivity index is 1.89. The Labute approximate surface area is 107 Å². The summed E-state index contributed by atoms with van der Waals surface area (Å²) in [5.41, 5.74) is 0.468. The largest absolute Gasteiger partial charge is 0.373 e. The van der Waals surface area contributed by atoms with Crippen LogP contribution in [0.3, 0.4) is 0 Å². The van der Waals surface area contributed by atoms with Crippen molar-refractivity contribution in [1.82, 2.24) is 5.32 Å². The van der Waals surface area contributed by atoms with E-state index in [-0.39, 0.29) is 0 Å². The summed E-state index contributed by atoms with van der Waals surface area (Å²) in [7, 11) is 2.07. The van der Waals surface area contributed by atoms with E-state index >= 15 is 0 Å². The van der Waals surface area contributed by atoms with Gasteiger partial charge in [0.2, 0.25) is 0 Å². The molecule has 2 aliphatic rings. The van der Waals surface area contributed by atoms with Gasteiger partial charge in [0, 0.05) is 6.04 Å². The Morgan fingerprint density at radius 1 is 1.18 bits per heavy atom. The molecular formula is C15H29NO. The van der Waals surface area contributed by atoms with Gasteiger partial charge in [-0.15, -0.1) is 0 Å². The van der Waals surface area contributed by atoms with Gasteiger partial charge in [-0.1, -0.05) is 20.8 Å². The van der Waals surface area contributed by atoms with Gasteiger partial charge in [-0.2, -0.15) is 0 Å². The molecule has 4 unspecified atom stereocenters. The Bertz CT molecular complexity index is 251. The third-order valence-electron chi connectivity index (χ3n) is 4.54. The second-order valence-electron chi connectivity index (χ2n) is 7.04. The van der Waals surface area contributed by atoms with Crippen LogP contribution in [0.2, 0.25) is 0 Å². The smallest absolute Gasteiger partial charge is 0.0731 e. The number of likely N-dealkylation sites (N-methyl/N-ethyl adjacent to an activating group) is 1. The fourth-order valence-electron chi connectivity index (χ4n) is 4.03. The predicted octanol–water partition coefficient (Wildman–Crippen LogP) is 3.36. The molecule has 0 heterocycles. The van der Waals surface area contributed by atoms with Crippen LogP contribution in [0.4, 0.5) is 0 Å². The summed E-state index contributed by atoms with van der Waals surface area (Å²) in [4.78, 5) is 0. The van der Waals surface area contributed by atoms with Crippen molar-refractivity contribution < 1.29 is 4.74 Å². The summed E-state index contributed by atoms with van der Waals surface area (Å²) < 4.78 is 6.40. The lowest BCUT2D eigenvalue weighted by Crippen LogP contribution is -2.40. The first-order valence-electron chi connectivity index (χ1n) is 7.33. The van der Waals surface area contributed by atoms with Gasteiger partial charge in [-0.25, -0.2) is 0 Å². The first-order chi connectivity index (χ1) is 8.00. The highest BCUT2D eigenvalue weighted by Gasteiger charge is 2.36. The second kappa shape index (κ2) is 5.27. The number of hydrogen-bond donors (Lipinski definition) is 1. The van der Waals surface area contributed by atoms with Crippen LogP contribution >= 0.6 is 0 Å². The molecule has 0 aliphatic heterocycles. The SMILES string of the molecule is CNC1CCCC1OC1CC(C)CC(C)(C)C1. The third kappa shape index (κ3) is 3.45. The van der Waals surface area contributed by atoms with E-state index in [1.165, 1.54) is 38.5 Å². The molecular weight excluding hydrogens is 210 g/mol. The molecule has 4 atom stereocenters. The van der Waals surface area contributed by atoms with Gasteiger partial charge in [0.15, 0.2) is 0 Å². The molecule has 2 heteroatoms. The quantitative estimate of drug-likeness (QED) is 0.815. The zero-order valence-corrected chi connectivity index (χ0v) is 12.0. The van der Waals surface area contributed by atoms with E-state index in [9.17, 15) is 0 Å². The lowest BCUT2D eigenvalue weighted by atomic mass is 9.71. The first-order valence-corrected chi connectivity index (χ1v) is 7.33. The van der Waals surface area contributed by atoms with Crippen LogP contribution in [0.5, 0.6) is 0 Å². The van der Waals surface area contributed by atoms with Crippen LogP contribution < -0.4 is 5.32 Å². The van der Waals surface area contributed by atoms with Gasteiger partial charge in [-0.05, 0) is 56.9 Å². The molecule has 2 aliphatic carbocycles. The van der Waals surface area contributed by atoms with Crippen LogP contribution in [0, 0.1) is 11.3 Å². The lowest BCUT2D eigenvalue weighted by molar-refractivity contribution is -0.0700. The topological polar surface area (TPSA) is 21.3 Å². The van der Waals surface area contributed by atoms with Crippen molar-refractivity contribution >= 4 is 0 Å². The molecule has 0 aromatic heterocycles. The number of hydrogen-bond acceptors (Lipinski definition) is 2. The van der Waals surface area contributed by atoms with Crippen LogP contribution in [0.1, 0.15) is 59.3 Å². The molecule has 0 saturated heterocycles.